The molecule has 0 aliphatic rings. The van der Waals surface area contributed by atoms with Crippen molar-refractivity contribution in [2.24, 2.45) is 0 Å². The molecule has 30 heavy (non-hydrogen) atoms. The van der Waals surface area contributed by atoms with E-state index < -0.39 is 9.84 Å². The molecule has 0 amide bonds. The van der Waals surface area contributed by atoms with Crippen LogP contribution in [0.1, 0.15) is 5.76 Å². The predicted molar refractivity (Wildman–Crippen MR) is 119 cm³/mol. The maximum absolute atomic E-state index is 11.2. The van der Waals surface area contributed by atoms with E-state index in [9.17, 15) is 8.42 Å². The highest BCUT2D eigenvalue weighted by atomic mass is 32.2. The number of nitrogens with two attached hydrogens (primary N) is 1. The molecule has 8 heteroatoms. The van der Waals surface area contributed by atoms with Gasteiger partial charge >= 0.3 is 0 Å². The third kappa shape index (κ3) is 4.67. The zero-order valence-electron chi connectivity index (χ0n) is 16.5. The average Bonchev–Trinajstić information content (AvgIpc) is 3.20. The first-order chi connectivity index (χ1) is 14.4. The fraction of sp³-hybridized carbons (Fsp3) is 0.182. The number of nitrogens with zero attached hydrogens (tertiary/aromatic N) is 2. The molecule has 2 aromatic carbocycles. The topological polar surface area (TPSA) is 111 Å². The van der Waals surface area contributed by atoms with Crippen LogP contribution in [0.25, 0.3) is 33.6 Å². The normalized spacial score (nSPS) is 11.8. The minimum absolute atomic E-state index is 0.0927. The molecular formula is C22H22N4O3S. The fourth-order valence-corrected chi connectivity index (χ4v) is 3.63. The van der Waals surface area contributed by atoms with Gasteiger partial charge < -0.3 is 15.5 Å². The van der Waals surface area contributed by atoms with Crippen molar-refractivity contribution >= 4 is 26.6 Å². The summed E-state index contributed by atoms with van der Waals surface area (Å²) < 4.78 is 28.3. The SMILES string of the molecule is CS(=O)(=O)CCNCc1ccc(-c2ccc3nc(-c4ccccc4)nc(N)c3c2)o1. The Bertz CT molecular complexity index is 1280. The number of sulfone groups is 1. The summed E-state index contributed by atoms with van der Waals surface area (Å²) in [7, 11) is -2.98. The molecule has 0 radical (unpaired) electrons. The summed E-state index contributed by atoms with van der Waals surface area (Å²) in [6.07, 6.45) is 1.22. The first-order valence-corrected chi connectivity index (χ1v) is 11.6. The lowest BCUT2D eigenvalue weighted by Gasteiger charge is -2.07. The van der Waals surface area contributed by atoms with Crippen LogP contribution in [0, 0.1) is 0 Å². The molecule has 0 aliphatic carbocycles. The molecular weight excluding hydrogens is 400 g/mol. The Morgan fingerprint density at radius 3 is 2.57 bits per heavy atom. The molecule has 154 valence electrons. The zero-order chi connectivity index (χ0) is 21.1. The third-order valence-electron chi connectivity index (χ3n) is 4.65. The number of rotatable bonds is 7. The standard InChI is InChI=1S/C22H22N4O3S/c1-30(27,28)12-11-24-14-17-8-10-20(29-17)16-7-9-19-18(13-16)21(23)26-22(25-19)15-5-3-2-4-6-15/h2-10,13,24H,11-12,14H2,1H3,(H2,23,25,26). The smallest absolute Gasteiger partial charge is 0.162 e. The maximum Gasteiger partial charge on any atom is 0.162 e. The minimum atomic E-state index is -2.98. The Labute approximate surface area is 174 Å². The Morgan fingerprint density at radius 2 is 1.80 bits per heavy atom. The van der Waals surface area contributed by atoms with Crippen LogP contribution < -0.4 is 11.1 Å². The lowest BCUT2D eigenvalue weighted by atomic mass is 10.1. The number of anilines is 1. The van der Waals surface area contributed by atoms with E-state index in [0.29, 0.717) is 30.5 Å². The molecule has 0 atom stereocenters. The van der Waals surface area contributed by atoms with E-state index in [1.54, 1.807) is 0 Å². The summed E-state index contributed by atoms with van der Waals surface area (Å²) in [5.74, 6) is 2.52. The molecule has 2 aromatic heterocycles. The maximum atomic E-state index is 11.2. The van der Waals surface area contributed by atoms with E-state index in [4.69, 9.17) is 10.2 Å². The lowest BCUT2D eigenvalue weighted by molar-refractivity contribution is 0.498. The van der Waals surface area contributed by atoms with E-state index in [-0.39, 0.29) is 5.75 Å². The van der Waals surface area contributed by atoms with Crippen molar-refractivity contribution in [2.45, 2.75) is 6.54 Å². The highest BCUT2D eigenvalue weighted by Crippen LogP contribution is 2.29. The Kier molecular flexibility index (Phi) is 5.52. The molecule has 0 bridgehead atoms. The molecule has 0 aliphatic heterocycles. The Balaban J connectivity index is 1.54. The van der Waals surface area contributed by atoms with Crippen molar-refractivity contribution in [3.05, 3.63) is 66.4 Å². The molecule has 4 aromatic rings. The number of fused-ring (bicyclic) bond motifs is 1. The van der Waals surface area contributed by atoms with E-state index in [2.05, 4.69) is 15.3 Å². The van der Waals surface area contributed by atoms with Crippen molar-refractivity contribution in [1.29, 1.82) is 0 Å². The van der Waals surface area contributed by atoms with Gasteiger partial charge in [0.2, 0.25) is 0 Å². The van der Waals surface area contributed by atoms with Crippen LogP contribution in [-0.4, -0.2) is 36.9 Å². The number of hydrogen-bond donors (Lipinski definition) is 2. The lowest BCUT2D eigenvalue weighted by Crippen LogP contribution is -2.21. The molecule has 0 spiro atoms. The fourth-order valence-electron chi connectivity index (χ4n) is 3.12. The second-order valence-electron chi connectivity index (χ2n) is 7.10. The number of hydrogen-bond acceptors (Lipinski definition) is 7. The molecule has 0 saturated heterocycles. The Hall–Kier alpha value is -3.23. The number of furan rings is 1. The summed E-state index contributed by atoms with van der Waals surface area (Å²) >= 11 is 0. The summed E-state index contributed by atoms with van der Waals surface area (Å²) in [4.78, 5) is 9.09. The number of nitrogens with one attached hydrogen (secondary N) is 1. The molecule has 2 heterocycles. The highest BCUT2D eigenvalue weighted by molar-refractivity contribution is 7.90. The van der Waals surface area contributed by atoms with Crippen LogP contribution in [0.15, 0.2) is 65.1 Å². The van der Waals surface area contributed by atoms with E-state index in [0.717, 1.165) is 27.8 Å². The molecule has 0 fully saturated rings. The summed E-state index contributed by atoms with van der Waals surface area (Å²) in [6.45, 7) is 0.831. The summed E-state index contributed by atoms with van der Waals surface area (Å²) in [5, 5.41) is 3.83. The van der Waals surface area contributed by atoms with E-state index in [1.165, 1.54) is 6.26 Å². The van der Waals surface area contributed by atoms with Gasteiger partial charge in [-0.25, -0.2) is 18.4 Å². The van der Waals surface area contributed by atoms with Crippen LogP contribution in [0.2, 0.25) is 0 Å². The van der Waals surface area contributed by atoms with Gasteiger partial charge in [-0.1, -0.05) is 30.3 Å². The van der Waals surface area contributed by atoms with Gasteiger partial charge in [-0.2, -0.15) is 0 Å². The first kappa shape index (κ1) is 20.1. The van der Waals surface area contributed by atoms with Gasteiger partial charge in [0.25, 0.3) is 0 Å². The van der Waals surface area contributed by atoms with E-state index >= 15 is 0 Å². The van der Waals surface area contributed by atoms with Crippen molar-refractivity contribution in [3.63, 3.8) is 0 Å². The largest absolute Gasteiger partial charge is 0.460 e. The monoisotopic (exact) mass is 422 g/mol. The zero-order valence-corrected chi connectivity index (χ0v) is 17.3. The van der Waals surface area contributed by atoms with Gasteiger partial charge in [-0.15, -0.1) is 0 Å². The third-order valence-corrected chi connectivity index (χ3v) is 5.60. The average molecular weight is 423 g/mol. The molecule has 4 rings (SSSR count). The van der Waals surface area contributed by atoms with Crippen LogP contribution in [0.4, 0.5) is 5.82 Å². The second-order valence-corrected chi connectivity index (χ2v) is 9.36. The molecule has 0 saturated carbocycles. The number of benzene rings is 2. The Morgan fingerprint density at radius 1 is 1.00 bits per heavy atom. The van der Waals surface area contributed by atoms with Gasteiger partial charge in [0.05, 0.1) is 17.8 Å². The quantitative estimate of drug-likeness (QED) is 0.440. The van der Waals surface area contributed by atoms with Crippen LogP contribution >= 0.6 is 0 Å². The highest BCUT2D eigenvalue weighted by Gasteiger charge is 2.11. The van der Waals surface area contributed by atoms with Gasteiger partial charge in [-0.05, 0) is 30.3 Å². The van der Waals surface area contributed by atoms with Crippen LogP contribution in [0.5, 0.6) is 0 Å². The van der Waals surface area contributed by atoms with E-state index in [1.807, 2.05) is 60.7 Å². The number of aromatic nitrogens is 2. The molecule has 0 unspecified atom stereocenters. The number of nitrogen functional groups attached to an aromatic ring is 1. The molecule has 7 nitrogen and oxygen atoms in total. The van der Waals surface area contributed by atoms with Crippen LogP contribution in [0.3, 0.4) is 0 Å². The predicted octanol–water partition coefficient (Wildman–Crippen LogP) is 3.27. The van der Waals surface area contributed by atoms with Gasteiger partial charge in [0, 0.05) is 29.3 Å². The molecule has 3 N–H and O–H groups in total. The second kappa shape index (κ2) is 8.25. The summed E-state index contributed by atoms with van der Waals surface area (Å²) in [6, 6.07) is 19.2. The van der Waals surface area contributed by atoms with Crippen LogP contribution in [-0.2, 0) is 16.4 Å². The van der Waals surface area contributed by atoms with Crippen molar-refractivity contribution < 1.29 is 12.8 Å². The van der Waals surface area contributed by atoms with Crippen molar-refractivity contribution in [2.75, 3.05) is 24.3 Å². The summed E-state index contributed by atoms with van der Waals surface area (Å²) in [5.41, 5.74) is 8.76. The first-order valence-electron chi connectivity index (χ1n) is 9.49. The van der Waals surface area contributed by atoms with Gasteiger partial charge in [-0.3, -0.25) is 0 Å². The minimum Gasteiger partial charge on any atom is -0.460 e. The van der Waals surface area contributed by atoms with Gasteiger partial charge in [0.15, 0.2) is 5.82 Å². The van der Waals surface area contributed by atoms with Crippen molar-refractivity contribution in [3.8, 4) is 22.7 Å². The van der Waals surface area contributed by atoms with Gasteiger partial charge in [0.1, 0.15) is 27.2 Å². The van der Waals surface area contributed by atoms with Crippen molar-refractivity contribution in [1.82, 2.24) is 15.3 Å².